The molecule has 2 aromatic carbocycles. The summed E-state index contributed by atoms with van der Waals surface area (Å²) in [6, 6.07) is 15.5. The minimum absolute atomic E-state index is 0.229. The molecule has 1 saturated carbocycles. The summed E-state index contributed by atoms with van der Waals surface area (Å²) in [5.74, 6) is 2.37. The van der Waals surface area contributed by atoms with Crippen molar-refractivity contribution < 1.29 is 18.3 Å². The zero-order chi connectivity index (χ0) is 24.7. The van der Waals surface area contributed by atoms with E-state index in [1.807, 2.05) is 6.07 Å². The van der Waals surface area contributed by atoms with E-state index in [1.54, 1.807) is 31.4 Å². The van der Waals surface area contributed by atoms with Crippen LogP contribution >= 0.6 is 0 Å². The summed E-state index contributed by atoms with van der Waals surface area (Å²) in [6.45, 7) is 1.75. The zero-order valence-electron chi connectivity index (χ0n) is 20.8. The molecule has 1 fully saturated rings. The van der Waals surface area contributed by atoms with Gasteiger partial charge in [-0.1, -0.05) is 24.3 Å². The van der Waals surface area contributed by atoms with Gasteiger partial charge in [-0.25, -0.2) is 13.1 Å². The van der Waals surface area contributed by atoms with Crippen molar-refractivity contribution in [3.8, 4) is 5.75 Å². The van der Waals surface area contributed by atoms with Crippen molar-refractivity contribution in [1.82, 2.24) is 10.0 Å². The molecule has 6 nitrogen and oxygen atoms in total. The number of ether oxygens (including phenoxy) is 1. The van der Waals surface area contributed by atoms with Crippen LogP contribution in [0.4, 0.5) is 0 Å². The van der Waals surface area contributed by atoms with Gasteiger partial charge in [-0.2, -0.15) is 0 Å². The molecule has 2 aromatic rings. The maximum Gasteiger partial charge on any atom is 0.240 e. The average molecular weight is 501 g/mol. The van der Waals surface area contributed by atoms with Gasteiger partial charge in [-0.15, -0.1) is 0 Å². The van der Waals surface area contributed by atoms with Gasteiger partial charge in [-0.3, -0.25) is 0 Å². The van der Waals surface area contributed by atoms with E-state index in [4.69, 9.17) is 4.74 Å². The summed E-state index contributed by atoms with van der Waals surface area (Å²) < 4.78 is 33.2. The van der Waals surface area contributed by atoms with E-state index < -0.39 is 10.0 Å². The Morgan fingerprint density at radius 1 is 0.971 bits per heavy atom. The fraction of sp³-hybridized carbons (Fsp3) is 0.571. The second-order valence-corrected chi connectivity index (χ2v) is 11.9. The SMILES string of the molecule is COc1ccc2c(c1)CCC(NCC1CCC(CNS(=O)(=O)c3ccccc3)CC1)C2CCCO. The second kappa shape index (κ2) is 12.3. The first-order chi connectivity index (χ1) is 17.0. The van der Waals surface area contributed by atoms with E-state index in [0.717, 1.165) is 63.7 Å². The quantitative estimate of drug-likeness (QED) is 0.430. The van der Waals surface area contributed by atoms with Crippen LogP contribution in [0.5, 0.6) is 5.75 Å². The third-order valence-electron chi connectivity index (χ3n) is 7.88. The molecular weight excluding hydrogens is 460 g/mol. The lowest BCUT2D eigenvalue weighted by Crippen LogP contribution is -2.41. The predicted octanol–water partition coefficient (Wildman–Crippen LogP) is 4.24. The maximum atomic E-state index is 12.5. The average Bonchev–Trinajstić information content (AvgIpc) is 2.90. The summed E-state index contributed by atoms with van der Waals surface area (Å²) >= 11 is 0. The monoisotopic (exact) mass is 500 g/mol. The summed E-state index contributed by atoms with van der Waals surface area (Å²) in [6.07, 6.45) is 8.34. The lowest BCUT2D eigenvalue weighted by atomic mass is 9.76. The van der Waals surface area contributed by atoms with E-state index in [9.17, 15) is 13.5 Å². The van der Waals surface area contributed by atoms with E-state index in [-0.39, 0.29) is 6.61 Å². The van der Waals surface area contributed by atoms with Gasteiger partial charge >= 0.3 is 0 Å². The van der Waals surface area contributed by atoms with Gasteiger partial charge in [0.1, 0.15) is 5.75 Å². The normalized spacial score (nSPS) is 24.6. The Balaban J connectivity index is 1.26. The van der Waals surface area contributed by atoms with Crippen molar-refractivity contribution in [1.29, 1.82) is 0 Å². The molecule has 0 bridgehead atoms. The lowest BCUT2D eigenvalue weighted by molar-refractivity contribution is 0.242. The predicted molar refractivity (Wildman–Crippen MR) is 139 cm³/mol. The van der Waals surface area contributed by atoms with Gasteiger partial charge in [0.2, 0.25) is 10.0 Å². The van der Waals surface area contributed by atoms with Crippen LogP contribution in [0.2, 0.25) is 0 Å². The molecule has 0 amide bonds. The van der Waals surface area contributed by atoms with E-state index in [1.165, 1.54) is 11.1 Å². The van der Waals surface area contributed by atoms with Gasteiger partial charge in [0.05, 0.1) is 12.0 Å². The van der Waals surface area contributed by atoms with Crippen LogP contribution in [0.25, 0.3) is 0 Å². The van der Waals surface area contributed by atoms with E-state index in [2.05, 4.69) is 28.2 Å². The highest BCUT2D eigenvalue weighted by molar-refractivity contribution is 7.89. The molecule has 0 saturated heterocycles. The summed E-state index contributed by atoms with van der Waals surface area (Å²) in [5, 5.41) is 13.3. The molecule has 0 spiro atoms. The van der Waals surface area contributed by atoms with Crippen molar-refractivity contribution >= 4 is 10.0 Å². The number of aliphatic hydroxyl groups is 1. The number of fused-ring (bicyclic) bond motifs is 1. The Bertz CT molecular complexity index is 1040. The van der Waals surface area contributed by atoms with Gasteiger partial charge in [0.15, 0.2) is 0 Å². The minimum atomic E-state index is -3.43. The Hall–Kier alpha value is -1.93. The van der Waals surface area contributed by atoms with Crippen molar-refractivity contribution in [2.24, 2.45) is 11.8 Å². The Kier molecular flexibility index (Phi) is 9.22. The molecule has 2 aliphatic rings. The van der Waals surface area contributed by atoms with Crippen molar-refractivity contribution in [2.75, 3.05) is 26.8 Å². The second-order valence-electron chi connectivity index (χ2n) is 10.1. The Labute approximate surface area is 210 Å². The van der Waals surface area contributed by atoms with Crippen LogP contribution < -0.4 is 14.8 Å². The van der Waals surface area contributed by atoms with Crippen LogP contribution in [-0.4, -0.2) is 46.4 Å². The number of hydrogen-bond acceptors (Lipinski definition) is 5. The Morgan fingerprint density at radius 2 is 1.69 bits per heavy atom. The molecule has 2 atom stereocenters. The summed E-state index contributed by atoms with van der Waals surface area (Å²) in [7, 11) is -1.72. The first kappa shape index (κ1) is 26.1. The highest BCUT2D eigenvalue weighted by Gasteiger charge is 2.30. The fourth-order valence-electron chi connectivity index (χ4n) is 5.80. The number of hydrogen-bond donors (Lipinski definition) is 3. The Morgan fingerprint density at radius 3 is 2.37 bits per heavy atom. The van der Waals surface area contributed by atoms with Gasteiger partial charge < -0.3 is 15.2 Å². The maximum absolute atomic E-state index is 12.5. The number of methoxy groups -OCH3 is 1. The molecule has 3 N–H and O–H groups in total. The lowest BCUT2D eigenvalue weighted by Gasteiger charge is -2.36. The number of sulfonamides is 1. The third kappa shape index (κ3) is 6.85. The molecule has 7 heteroatoms. The van der Waals surface area contributed by atoms with Gasteiger partial charge in [0, 0.05) is 19.2 Å². The molecule has 4 rings (SSSR count). The zero-order valence-corrected chi connectivity index (χ0v) is 21.6. The van der Waals surface area contributed by atoms with Crippen LogP contribution in [0.15, 0.2) is 53.4 Å². The topological polar surface area (TPSA) is 87.7 Å². The number of aliphatic hydroxyl groups excluding tert-OH is 1. The van der Waals surface area contributed by atoms with E-state index in [0.29, 0.717) is 35.2 Å². The van der Waals surface area contributed by atoms with Crippen molar-refractivity contribution in [3.63, 3.8) is 0 Å². The number of nitrogens with one attached hydrogen (secondary N) is 2. The van der Waals surface area contributed by atoms with Crippen LogP contribution in [-0.2, 0) is 16.4 Å². The first-order valence-electron chi connectivity index (χ1n) is 13.1. The molecule has 2 unspecified atom stereocenters. The van der Waals surface area contributed by atoms with Crippen molar-refractivity contribution in [3.05, 3.63) is 59.7 Å². The van der Waals surface area contributed by atoms with E-state index >= 15 is 0 Å². The summed E-state index contributed by atoms with van der Waals surface area (Å²) in [5.41, 5.74) is 2.78. The largest absolute Gasteiger partial charge is 0.497 e. The molecule has 0 aliphatic heterocycles. The first-order valence-corrected chi connectivity index (χ1v) is 14.5. The third-order valence-corrected chi connectivity index (χ3v) is 9.32. The van der Waals surface area contributed by atoms with Gasteiger partial charge in [0.25, 0.3) is 0 Å². The standard InChI is InChI=1S/C28H40N2O4S/c1-34-24-14-15-26-23(18-24)13-16-28(27(26)8-5-17-31)29-19-21-9-11-22(12-10-21)20-30-35(32,33)25-6-3-2-4-7-25/h2-4,6-7,14-15,18,21-22,27-31H,5,8-13,16-17,19-20H2,1H3. The highest BCUT2D eigenvalue weighted by Crippen LogP contribution is 2.37. The van der Waals surface area contributed by atoms with Crippen LogP contribution in [0.3, 0.4) is 0 Å². The number of aryl methyl sites for hydroxylation is 1. The van der Waals surface area contributed by atoms with Crippen LogP contribution in [0.1, 0.15) is 62.0 Å². The smallest absolute Gasteiger partial charge is 0.240 e. The molecule has 0 heterocycles. The molecular formula is C28H40N2O4S. The summed E-state index contributed by atoms with van der Waals surface area (Å²) in [4.78, 5) is 0.334. The highest BCUT2D eigenvalue weighted by atomic mass is 32.2. The fourth-order valence-corrected chi connectivity index (χ4v) is 6.93. The van der Waals surface area contributed by atoms with Crippen LogP contribution in [0, 0.1) is 11.8 Å². The molecule has 2 aliphatic carbocycles. The molecule has 35 heavy (non-hydrogen) atoms. The van der Waals surface area contributed by atoms with Crippen molar-refractivity contribution in [2.45, 2.75) is 68.2 Å². The number of rotatable bonds is 11. The number of benzene rings is 2. The minimum Gasteiger partial charge on any atom is -0.497 e. The molecule has 0 aromatic heterocycles. The van der Waals surface area contributed by atoms with Gasteiger partial charge in [-0.05, 0) is 111 Å². The molecule has 192 valence electrons. The molecule has 0 radical (unpaired) electrons.